The van der Waals surface area contributed by atoms with Crippen LogP contribution in [0, 0.1) is 0 Å². The molecule has 0 aliphatic rings. The zero-order valence-electron chi connectivity index (χ0n) is 8.15. The Labute approximate surface area is 82.4 Å². The molecular weight excluding hydrogens is 180 g/mol. The number of carboxylic acid groups (broad SMARTS) is 1. The molecule has 3 nitrogen and oxygen atoms in total. The lowest BCUT2D eigenvalue weighted by Crippen LogP contribution is -2.39. The molecule has 1 aromatic rings. The van der Waals surface area contributed by atoms with Crippen molar-refractivity contribution >= 4 is 11.8 Å². The van der Waals surface area contributed by atoms with E-state index < -0.39 is 11.4 Å². The minimum atomic E-state index is -1.43. The van der Waals surface area contributed by atoms with Gasteiger partial charge in [-0.25, -0.2) is 0 Å². The van der Waals surface area contributed by atoms with Gasteiger partial charge in [0.25, 0.3) is 0 Å². The molecule has 1 atom stereocenters. The van der Waals surface area contributed by atoms with Crippen LogP contribution >= 0.6 is 0 Å². The van der Waals surface area contributed by atoms with E-state index in [0.717, 1.165) is 0 Å². The van der Waals surface area contributed by atoms with Gasteiger partial charge in [-0.2, -0.15) is 0 Å². The smallest absolute Gasteiger partial charge is 0.321 e. The number of carbonyl (C=O) groups excluding carboxylic acids is 1. The largest absolute Gasteiger partial charge is 0.480 e. The molecule has 0 radical (unpaired) electrons. The second-order valence-electron chi connectivity index (χ2n) is 3.35. The standard InChI is InChI=1S/C11H12O3/c1-8(12)11(2,10(13)14)9-6-4-3-5-7-9/h3-7H,1-2H3,(H,13,14). The van der Waals surface area contributed by atoms with E-state index in [2.05, 4.69) is 0 Å². The van der Waals surface area contributed by atoms with Crippen molar-refractivity contribution < 1.29 is 14.7 Å². The molecule has 0 aliphatic heterocycles. The van der Waals surface area contributed by atoms with Crippen LogP contribution in [0.15, 0.2) is 30.3 Å². The molecule has 0 aliphatic carbocycles. The predicted octanol–water partition coefficient (Wildman–Crippen LogP) is 1.62. The quantitative estimate of drug-likeness (QED) is 0.740. The SMILES string of the molecule is CC(=O)C(C)(C(=O)O)c1ccccc1. The summed E-state index contributed by atoms with van der Waals surface area (Å²) < 4.78 is 0. The van der Waals surface area contributed by atoms with Crippen LogP contribution in [0.3, 0.4) is 0 Å². The van der Waals surface area contributed by atoms with Crippen molar-refractivity contribution in [1.29, 1.82) is 0 Å². The zero-order chi connectivity index (χ0) is 10.8. The van der Waals surface area contributed by atoms with E-state index in [1.807, 2.05) is 0 Å². The third-order valence-corrected chi connectivity index (χ3v) is 2.48. The molecule has 1 N–H and O–H groups in total. The number of aliphatic carboxylic acids is 1. The van der Waals surface area contributed by atoms with Gasteiger partial charge in [0.1, 0.15) is 5.41 Å². The lowest BCUT2D eigenvalue weighted by atomic mass is 9.79. The Bertz CT molecular complexity index is 340. The highest BCUT2D eigenvalue weighted by Crippen LogP contribution is 2.24. The molecule has 0 saturated carbocycles. The van der Waals surface area contributed by atoms with Crippen LogP contribution in [0.2, 0.25) is 0 Å². The highest BCUT2D eigenvalue weighted by Gasteiger charge is 2.39. The van der Waals surface area contributed by atoms with Gasteiger partial charge in [-0.1, -0.05) is 30.3 Å². The molecule has 1 rings (SSSR count). The number of carbonyl (C=O) groups is 2. The van der Waals surface area contributed by atoms with Crippen molar-refractivity contribution in [3.63, 3.8) is 0 Å². The van der Waals surface area contributed by atoms with Crippen LogP contribution in [-0.4, -0.2) is 16.9 Å². The average molecular weight is 192 g/mol. The molecular formula is C11H12O3. The van der Waals surface area contributed by atoms with Gasteiger partial charge in [0, 0.05) is 0 Å². The normalized spacial score (nSPS) is 14.4. The van der Waals surface area contributed by atoms with Crippen LogP contribution in [-0.2, 0) is 15.0 Å². The molecule has 0 heterocycles. The van der Waals surface area contributed by atoms with E-state index >= 15 is 0 Å². The Morgan fingerprint density at radius 3 is 2.07 bits per heavy atom. The number of hydrogen-bond acceptors (Lipinski definition) is 2. The van der Waals surface area contributed by atoms with Crippen LogP contribution in [0.5, 0.6) is 0 Å². The van der Waals surface area contributed by atoms with E-state index in [-0.39, 0.29) is 5.78 Å². The molecule has 0 spiro atoms. The maximum atomic E-state index is 11.3. The molecule has 74 valence electrons. The summed E-state index contributed by atoms with van der Waals surface area (Å²) in [6.45, 7) is 2.72. The fraction of sp³-hybridized carbons (Fsp3) is 0.273. The maximum Gasteiger partial charge on any atom is 0.321 e. The van der Waals surface area contributed by atoms with Crippen molar-refractivity contribution in [2.75, 3.05) is 0 Å². The van der Waals surface area contributed by atoms with Gasteiger partial charge in [0.05, 0.1) is 0 Å². The molecule has 0 amide bonds. The van der Waals surface area contributed by atoms with E-state index in [9.17, 15) is 9.59 Å². The van der Waals surface area contributed by atoms with Crippen molar-refractivity contribution in [2.45, 2.75) is 19.3 Å². The fourth-order valence-corrected chi connectivity index (χ4v) is 1.25. The highest BCUT2D eigenvalue weighted by atomic mass is 16.4. The molecule has 0 fully saturated rings. The summed E-state index contributed by atoms with van der Waals surface area (Å²) in [6, 6.07) is 8.52. The summed E-state index contributed by atoms with van der Waals surface area (Å²) in [7, 11) is 0. The second kappa shape index (κ2) is 3.62. The number of carboxylic acids is 1. The van der Waals surface area contributed by atoms with Gasteiger partial charge in [0.2, 0.25) is 0 Å². The third kappa shape index (κ3) is 1.53. The molecule has 1 aromatic carbocycles. The number of Topliss-reactive ketones (excluding diaryl/α,β-unsaturated/α-hetero) is 1. The van der Waals surface area contributed by atoms with Crippen LogP contribution in [0.1, 0.15) is 19.4 Å². The first-order chi connectivity index (χ1) is 6.49. The monoisotopic (exact) mass is 192 g/mol. The number of rotatable bonds is 3. The van der Waals surface area contributed by atoms with Gasteiger partial charge in [-0.05, 0) is 19.4 Å². The van der Waals surface area contributed by atoms with Gasteiger partial charge in [0.15, 0.2) is 5.78 Å². The minimum Gasteiger partial charge on any atom is -0.480 e. The number of hydrogen-bond donors (Lipinski definition) is 1. The van der Waals surface area contributed by atoms with E-state index in [4.69, 9.17) is 5.11 Å². The molecule has 0 bridgehead atoms. The first-order valence-corrected chi connectivity index (χ1v) is 4.29. The van der Waals surface area contributed by atoms with Crippen molar-refractivity contribution in [3.05, 3.63) is 35.9 Å². The van der Waals surface area contributed by atoms with Crippen LogP contribution in [0.4, 0.5) is 0 Å². The van der Waals surface area contributed by atoms with E-state index in [0.29, 0.717) is 5.56 Å². The Morgan fingerprint density at radius 2 is 1.71 bits per heavy atom. The fourth-order valence-electron chi connectivity index (χ4n) is 1.25. The lowest BCUT2D eigenvalue weighted by Gasteiger charge is -2.21. The number of benzene rings is 1. The van der Waals surface area contributed by atoms with E-state index in [1.54, 1.807) is 30.3 Å². The molecule has 1 unspecified atom stereocenters. The second-order valence-corrected chi connectivity index (χ2v) is 3.35. The van der Waals surface area contributed by atoms with Gasteiger partial charge in [-0.15, -0.1) is 0 Å². The Hall–Kier alpha value is -1.64. The predicted molar refractivity (Wildman–Crippen MR) is 52.1 cm³/mol. The zero-order valence-corrected chi connectivity index (χ0v) is 8.15. The first kappa shape index (κ1) is 10.4. The Morgan fingerprint density at radius 1 is 1.21 bits per heavy atom. The van der Waals surface area contributed by atoms with E-state index in [1.165, 1.54) is 13.8 Å². The van der Waals surface area contributed by atoms with Gasteiger partial charge in [-0.3, -0.25) is 9.59 Å². The van der Waals surface area contributed by atoms with Gasteiger partial charge >= 0.3 is 5.97 Å². The van der Waals surface area contributed by atoms with Crippen molar-refractivity contribution in [3.8, 4) is 0 Å². The Balaban J connectivity index is 3.27. The molecule has 0 saturated heterocycles. The van der Waals surface area contributed by atoms with Gasteiger partial charge < -0.3 is 5.11 Å². The van der Waals surface area contributed by atoms with Crippen LogP contribution in [0.25, 0.3) is 0 Å². The molecule has 14 heavy (non-hydrogen) atoms. The third-order valence-electron chi connectivity index (χ3n) is 2.48. The molecule has 3 heteroatoms. The number of ketones is 1. The summed E-state index contributed by atoms with van der Waals surface area (Å²) in [5.74, 6) is -1.48. The molecule has 0 aromatic heterocycles. The topological polar surface area (TPSA) is 54.4 Å². The Kier molecular flexibility index (Phi) is 2.70. The summed E-state index contributed by atoms with van der Waals surface area (Å²) in [5, 5.41) is 9.04. The minimum absolute atomic E-state index is 0.365. The summed E-state index contributed by atoms with van der Waals surface area (Å²) in [4.78, 5) is 22.4. The maximum absolute atomic E-state index is 11.3. The van der Waals surface area contributed by atoms with Crippen molar-refractivity contribution in [2.24, 2.45) is 0 Å². The lowest BCUT2D eigenvalue weighted by molar-refractivity contribution is -0.147. The average Bonchev–Trinajstić information content (AvgIpc) is 2.17. The van der Waals surface area contributed by atoms with Crippen LogP contribution < -0.4 is 0 Å². The first-order valence-electron chi connectivity index (χ1n) is 4.29. The van der Waals surface area contributed by atoms with Crippen molar-refractivity contribution in [1.82, 2.24) is 0 Å². The highest BCUT2D eigenvalue weighted by molar-refractivity contribution is 6.07. The summed E-state index contributed by atoms with van der Waals surface area (Å²) in [5.41, 5.74) is -0.915. The summed E-state index contributed by atoms with van der Waals surface area (Å²) >= 11 is 0. The summed E-state index contributed by atoms with van der Waals surface area (Å²) in [6.07, 6.45) is 0.